The van der Waals surface area contributed by atoms with Crippen LogP contribution in [-0.4, -0.2) is 0 Å². The molecular weight excluding hydrogens is 383 g/mol. The maximum Gasteiger partial charge on any atom is 0.164 e. The Hall–Kier alpha value is -0.720. The second-order valence-corrected chi connectivity index (χ2v) is 5.84. The molecule has 0 aliphatic rings. The van der Waals surface area contributed by atoms with Crippen LogP contribution in [-0.2, 0) is 0 Å². The van der Waals surface area contributed by atoms with Gasteiger partial charge in [0.05, 0.1) is 6.04 Å². The number of benzene rings is 2. The van der Waals surface area contributed by atoms with Gasteiger partial charge in [-0.25, -0.2) is 8.78 Å². The van der Waals surface area contributed by atoms with Crippen molar-refractivity contribution in [1.82, 2.24) is 0 Å². The summed E-state index contributed by atoms with van der Waals surface area (Å²) in [6, 6.07) is 7.47. The second-order valence-electron chi connectivity index (χ2n) is 4.24. The topological polar surface area (TPSA) is 26.0 Å². The van der Waals surface area contributed by atoms with Crippen LogP contribution in [0.2, 0.25) is 5.02 Å². The van der Waals surface area contributed by atoms with Crippen molar-refractivity contribution < 1.29 is 8.78 Å². The van der Waals surface area contributed by atoms with Crippen LogP contribution in [0, 0.1) is 22.1 Å². The van der Waals surface area contributed by atoms with Crippen molar-refractivity contribution >= 4 is 34.2 Å². The Morgan fingerprint density at radius 1 is 1.11 bits per heavy atom. The van der Waals surface area contributed by atoms with Crippen molar-refractivity contribution in [3.05, 3.63) is 67.2 Å². The van der Waals surface area contributed by atoms with Gasteiger partial charge in [-0.3, -0.25) is 0 Å². The largest absolute Gasteiger partial charge is 0.320 e. The van der Waals surface area contributed by atoms with Gasteiger partial charge in [-0.15, -0.1) is 0 Å². The minimum atomic E-state index is -0.900. The highest BCUT2D eigenvalue weighted by Gasteiger charge is 2.19. The lowest BCUT2D eigenvalue weighted by atomic mass is 9.98. The van der Waals surface area contributed by atoms with Crippen LogP contribution in [0.25, 0.3) is 0 Å². The highest BCUT2D eigenvalue weighted by Crippen LogP contribution is 2.29. The lowest BCUT2D eigenvalue weighted by Crippen LogP contribution is -2.16. The van der Waals surface area contributed by atoms with Crippen LogP contribution in [0.4, 0.5) is 8.78 Å². The molecule has 100 valence electrons. The van der Waals surface area contributed by atoms with E-state index in [2.05, 4.69) is 22.6 Å². The molecular formula is C14H11ClF2IN. The summed E-state index contributed by atoms with van der Waals surface area (Å²) in [6.07, 6.45) is 0. The molecule has 0 bridgehead atoms. The Balaban J connectivity index is 2.53. The molecule has 1 nitrogen and oxygen atoms in total. The van der Waals surface area contributed by atoms with Crippen LogP contribution < -0.4 is 5.73 Å². The fraction of sp³-hybridized carbons (Fsp3) is 0.143. The normalized spacial score (nSPS) is 12.5. The summed E-state index contributed by atoms with van der Waals surface area (Å²) in [4.78, 5) is 0. The molecule has 1 atom stereocenters. The van der Waals surface area contributed by atoms with E-state index in [-0.39, 0.29) is 11.1 Å². The first-order valence-electron chi connectivity index (χ1n) is 5.57. The average Bonchev–Trinajstić information content (AvgIpc) is 2.38. The molecule has 2 N–H and O–H groups in total. The maximum absolute atomic E-state index is 13.9. The number of aryl methyl sites for hydroxylation is 1. The van der Waals surface area contributed by atoms with Crippen molar-refractivity contribution in [3.63, 3.8) is 0 Å². The summed E-state index contributed by atoms with van der Waals surface area (Å²) >= 11 is 8.01. The molecule has 0 saturated carbocycles. The molecule has 0 heterocycles. The summed E-state index contributed by atoms with van der Waals surface area (Å²) in [5, 5.41) is 0.513. The summed E-state index contributed by atoms with van der Waals surface area (Å²) < 4.78 is 28.4. The number of hydrogen-bond acceptors (Lipinski definition) is 1. The van der Waals surface area contributed by atoms with Gasteiger partial charge in [-0.2, -0.15) is 0 Å². The fourth-order valence-corrected chi connectivity index (χ4v) is 2.67. The van der Waals surface area contributed by atoms with Gasteiger partial charge in [-0.05, 0) is 58.8 Å². The standard InChI is InChI=1S/C14H11ClF2IN/c1-7-2-4-9(13(17)12(7)16)14(19)10-6-8(15)3-5-11(10)18/h2-6,14H,19H2,1H3. The summed E-state index contributed by atoms with van der Waals surface area (Å²) in [5.74, 6) is -1.76. The number of rotatable bonds is 2. The monoisotopic (exact) mass is 393 g/mol. The highest BCUT2D eigenvalue weighted by atomic mass is 127. The van der Waals surface area contributed by atoms with E-state index in [1.807, 2.05) is 0 Å². The summed E-state index contributed by atoms with van der Waals surface area (Å²) in [7, 11) is 0. The van der Waals surface area contributed by atoms with Gasteiger partial charge in [0.2, 0.25) is 0 Å². The van der Waals surface area contributed by atoms with E-state index >= 15 is 0 Å². The number of hydrogen-bond donors (Lipinski definition) is 1. The van der Waals surface area contributed by atoms with Crippen LogP contribution in [0.15, 0.2) is 30.3 Å². The Labute approximate surface area is 128 Å². The van der Waals surface area contributed by atoms with Crippen molar-refractivity contribution in [1.29, 1.82) is 0 Å². The highest BCUT2D eigenvalue weighted by molar-refractivity contribution is 14.1. The zero-order valence-corrected chi connectivity index (χ0v) is 13.0. The summed E-state index contributed by atoms with van der Waals surface area (Å²) in [5.41, 5.74) is 7.10. The number of halogens is 4. The minimum Gasteiger partial charge on any atom is -0.320 e. The van der Waals surface area contributed by atoms with E-state index < -0.39 is 17.7 Å². The number of nitrogens with two attached hydrogens (primary N) is 1. The van der Waals surface area contributed by atoms with Crippen LogP contribution in [0.1, 0.15) is 22.7 Å². The Bertz CT molecular complexity index is 631. The molecule has 0 aliphatic carbocycles. The van der Waals surface area contributed by atoms with Gasteiger partial charge in [0, 0.05) is 14.2 Å². The van der Waals surface area contributed by atoms with Gasteiger partial charge in [0.15, 0.2) is 11.6 Å². The molecule has 0 spiro atoms. The van der Waals surface area contributed by atoms with Gasteiger partial charge in [0.1, 0.15) is 0 Å². The van der Waals surface area contributed by atoms with Crippen molar-refractivity contribution in [2.24, 2.45) is 5.73 Å². The van der Waals surface area contributed by atoms with E-state index in [0.29, 0.717) is 10.6 Å². The third-order valence-corrected chi connectivity index (χ3v) is 4.15. The average molecular weight is 394 g/mol. The molecule has 2 aromatic carbocycles. The Kier molecular flexibility index (Phi) is 4.43. The molecule has 2 aromatic rings. The zero-order chi connectivity index (χ0) is 14.2. The van der Waals surface area contributed by atoms with Crippen molar-refractivity contribution in [3.8, 4) is 0 Å². The van der Waals surface area contributed by atoms with Gasteiger partial charge in [-0.1, -0.05) is 23.7 Å². The summed E-state index contributed by atoms with van der Waals surface area (Å²) in [6.45, 7) is 1.51. The molecule has 5 heteroatoms. The molecule has 0 radical (unpaired) electrons. The van der Waals surface area contributed by atoms with Crippen LogP contribution in [0.3, 0.4) is 0 Å². The van der Waals surface area contributed by atoms with E-state index in [1.165, 1.54) is 19.1 Å². The molecule has 2 rings (SSSR count). The van der Waals surface area contributed by atoms with Crippen molar-refractivity contribution in [2.45, 2.75) is 13.0 Å². The van der Waals surface area contributed by atoms with E-state index in [4.69, 9.17) is 17.3 Å². The molecule has 0 saturated heterocycles. The zero-order valence-electron chi connectivity index (χ0n) is 10.1. The molecule has 0 aliphatic heterocycles. The van der Waals surface area contributed by atoms with E-state index in [1.54, 1.807) is 18.2 Å². The quantitative estimate of drug-likeness (QED) is 0.743. The van der Waals surface area contributed by atoms with Crippen LogP contribution in [0.5, 0.6) is 0 Å². The molecule has 0 fully saturated rings. The van der Waals surface area contributed by atoms with Gasteiger partial charge >= 0.3 is 0 Å². The fourth-order valence-electron chi connectivity index (χ4n) is 1.82. The smallest absolute Gasteiger partial charge is 0.164 e. The lowest BCUT2D eigenvalue weighted by molar-refractivity contribution is 0.489. The Morgan fingerprint density at radius 3 is 2.47 bits per heavy atom. The molecule has 1 unspecified atom stereocenters. The predicted octanol–water partition coefficient (Wildman–Crippen LogP) is 4.58. The third kappa shape index (κ3) is 2.90. The van der Waals surface area contributed by atoms with E-state index in [0.717, 1.165) is 3.57 Å². The van der Waals surface area contributed by atoms with E-state index in [9.17, 15) is 8.78 Å². The predicted molar refractivity (Wildman–Crippen MR) is 81.3 cm³/mol. The first-order valence-corrected chi connectivity index (χ1v) is 7.02. The minimum absolute atomic E-state index is 0.128. The first-order chi connectivity index (χ1) is 8.91. The van der Waals surface area contributed by atoms with Crippen molar-refractivity contribution in [2.75, 3.05) is 0 Å². The van der Waals surface area contributed by atoms with Crippen LogP contribution >= 0.6 is 34.2 Å². The van der Waals surface area contributed by atoms with Gasteiger partial charge < -0.3 is 5.73 Å². The third-order valence-electron chi connectivity index (χ3n) is 2.93. The SMILES string of the molecule is Cc1ccc(C(N)c2cc(Cl)ccc2I)c(F)c1F. The van der Waals surface area contributed by atoms with Gasteiger partial charge in [0.25, 0.3) is 0 Å². The first kappa shape index (κ1) is 14.7. The molecule has 0 aromatic heterocycles. The maximum atomic E-state index is 13.9. The Morgan fingerprint density at radius 2 is 1.79 bits per heavy atom. The second kappa shape index (κ2) is 5.73. The lowest BCUT2D eigenvalue weighted by Gasteiger charge is -2.16. The molecule has 19 heavy (non-hydrogen) atoms. The molecule has 0 amide bonds.